The van der Waals surface area contributed by atoms with E-state index < -0.39 is 0 Å². The molecule has 20 heavy (non-hydrogen) atoms. The van der Waals surface area contributed by atoms with E-state index >= 15 is 0 Å². The maximum absolute atomic E-state index is 6.37. The van der Waals surface area contributed by atoms with Gasteiger partial charge in [0.15, 0.2) is 0 Å². The summed E-state index contributed by atoms with van der Waals surface area (Å²) in [5.41, 5.74) is 9.36. The zero-order valence-electron chi connectivity index (χ0n) is 10.6. The minimum absolute atomic E-state index is 0.224. The molecule has 0 bridgehead atoms. The number of fused-ring (bicyclic) bond motifs is 1. The number of nitrogens with two attached hydrogens (primary N) is 1. The normalized spacial score (nSPS) is 12.6. The third-order valence-corrected chi connectivity index (χ3v) is 4.48. The van der Waals surface area contributed by atoms with Gasteiger partial charge in [-0.2, -0.15) is 0 Å². The van der Waals surface area contributed by atoms with E-state index in [-0.39, 0.29) is 6.04 Å². The summed E-state index contributed by atoms with van der Waals surface area (Å²) in [4.78, 5) is 4.46. The predicted molar refractivity (Wildman–Crippen MR) is 91.9 cm³/mol. The number of aromatic nitrogens is 1. The van der Waals surface area contributed by atoms with Crippen molar-refractivity contribution in [2.24, 2.45) is 5.73 Å². The summed E-state index contributed by atoms with van der Waals surface area (Å²) in [5.74, 6) is 0. The van der Waals surface area contributed by atoms with Crippen molar-refractivity contribution in [2.45, 2.75) is 6.04 Å². The van der Waals surface area contributed by atoms with Gasteiger partial charge in [0.25, 0.3) is 0 Å². The van der Waals surface area contributed by atoms with Gasteiger partial charge in [-0.3, -0.25) is 4.98 Å². The second kappa shape index (κ2) is 5.68. The molecular weight excluding hydrogens is 383 g/mol. The Morgan fingerprint density at radius 3 is 2.75 bits per heavy atom. The number of hydrogen-bond acceptors (Lipinski definition) is 2. The predicted octanol–water partition coefficient (Wildman–Crippen LogP) is 4.54. The van der Waals surface area contributed by atoms with E-state index in [0.717, 1.165) is 25.6 Å². The van der Waals surface area contributed by atoms with Crippen LogP contribution in [0.1, 0.15) is 17.2 Å². The number of hydrogen-bond donors (Lipinski definition) is 1. The van der Waals surface area contributed by atoms with Crippen molar-refractivity contribution in [3.8, 4) is 0 Å². The van der Waals surface area contributed by atoms with Gasteiger partial charge in [0.1, 0.15) is 0 Å². The number of pyridine rings is 1. The van der Waals surface area contributed by atoms with E-state index in [1.165, 1.54) is 0 Å². The quantitative estimate of drug-likeness (QED) is 0.648. The number of para-hydroxylation sites is 1. The lowest BCUT2D eigenvalue weighted by Gasteiger charge is -2.15. The van der Waals surface area contributed by atoms with Crippen molar-refractivity contribution in [2.75, 3.05) is 0 Å². The maximum atomic E-state index is 6.37. The first kappa shape index (κ1) is 13.8. The average Bonchev–Trinajstić information content (AvgIpc) is 2.48. The van der Waals surface area contributed by atoms with Gasteiger partial charge in [-0.1, -0.05) is 29.8 Å². The molecule has 1 atom stereocenters. The third-order valence-electron chi connectivity index (χ3n) is 3.26. The summed E-state index contributed by atoms with van der Waals surface area (Å²) in [6.07, 6.45) is 1.84. The molecule has 0 saturated carbocycles. The smallest absolute Gasteiger partial charge is 0.0702 e. The maximum Gasteiger partial charge on any atom is 0.0702 e. The van der Waals surface area contributed by atoms with Gasteiger partial charge in [-0.15, -0.1) is 0 Å². The topological polar surface area (TPSA) is 38.9 Å². The zero-order valence-corrected chi connectivity index (χ0v) is 13.5. The van der Waals surface area contributed by atoms with Crippen LogP contribution in [0.3, 0.4) is 0 Å². The lowest BCUT2D eigenvalue weighted by Crippen LogP contribution is -2.13. The summed E-state index contributed by atoms with van der Waals surface area (Å²) in [6.45, 7) is 0. The molecule has 0 amide bonds. The molecule has 1 heterocycles. The molecule has 2 nitrogen and oxygen atoms in total. The molecule has 2 N–H and O–H groups in total. The van der Waals surface area contributed by atoms with Gasteiger partial charge in [0.2, 0.25) is 0 Å². The third kappa shape index (κ3) is 2.66. The van der Waals surface area contributed by atoms with Crippen LogP contribution in [0.25, 0.3) is 10.9 Å². The molecule has 0 aliphatic rings. The van der Waals surface area contributed by atoms with Gasteiger partial charge in [0.05, 0.1) is 11.6 Å². The minimum Gasteiger partial charge on any atom is -0.320 e. The van der Waals surface area contributed by atoms with Crippen molar-refractivity contribution in [1.29, 1.82) is 0 Å². The van der Waals surface area contributed by atoms with Crippen molar-refractivity contribution in [3.05, 3.63) is 74.4 Å². The van der Waals surface area contributed by atoms with E-state index in [2.05, 4.69) is 33.6 Å². The van der Waals surface area contributed by atoms with Crippen LogP contribution in [0.5, 0.6) is 0 Å². The second-order valence-electron chi connectivity index (χ2n) is 4.60. The molecule has 0 radical (unpaired) electrons. The molecule has 0 aliphatic carbocycles. The Morgan fingerprint density at radius 1 is 1.10 bits per heavy atom. The van der Waals surface area contributed by atoms with Crippen LogP contribution in [0.4, 0.5) is 0 Å². The fourth-order valence-electron chi connectivity index (χ4n) is 2.19. The van der Waals surface area contributed by atoms with Crippen LogP contribution in [0, 0.1) is 3.57 Å². The lowest BCUT2D eigenvalue weighted by atomic mass is 10.00. The summed E-state index contributed by atoms with van der Waals surface area (Å²) in [6, 6.07) is 15.7. The molecule has 100 valence electrons. The van der Waals surface area contributed by atoms with Crippen LogP contribution in [-0.4, -0.2) is 4.98 Å². The molecule has 3 rings (SSSR count). The van der Waals surface area contributed by atoms with E-state index in [1.54, 1.807) is 0 Å². The van der Waals surface area contributed by atoms with Gasteiger partial charge in [-0.05, 0) is 64.0 Å². The van der Waals surface area contributed by atoms with Gasteiger partial charge >= 0.3 is 0 Å². The lowest BCUT2D eigenvalue weighted by molar-refractivity contribution is 0.861. The standard InChI is InChI=1S/C16H12ClIN2/c17-12-5-6-14(18)13(8-12)16(19)11-7-10-3-1-2-4-15(10)20-9-11/h1-9,16H,19H2. The van der Waals surface area contributed by atoms with E-state index in [9.17, 15) is 0 Å². The number of nitrogens with zero attached hydrogens (tertiary/aromatic N) is 1. The number of halogens is 2. The van der Waals surface area contributed by atoms with Crippen LogP contribution in [-0.2, 0) is 0 Å². The zero-order chi connectivity index (χ0) is 14.1. The Morgan fingerprint density at radius 2 is 1.90 bits per heavy atom. The fraction of sp³-hybridized carbons (Fsp3) is 0.0625. The van der Waals surface area contributed by atoms with Crippen LogP contribution >= 0.6 is 34.2 Å². The molecule has 2 aromatic carbocycles. The Balaban J connectivity index is 2.07. The van der Waals surface area contributed by atoms with E-state index in [1.807, 2.05) is 48.7 Å². The monoisotopic (exact) mass is 394 g/mol. The number of rotatable bonds is 2. The Labute approximate surface area is 136 Å². The Hall–Kier alpha value is -1.17. The first-order chi connectivity index (χ1) is 9.65. The highest BCUT2D eigenvalue weighted by molar-refractivity contribution is 14.1. The minimum atomic E-state index is -0.224. The van der Waals surface area contributed by atoms with Crippen molar-refractivity contribution >= 4 is 45.1 Å². The van der Waals surface area contributed by atoms with Crippen LogP contribution in [0.2, 0.25) is 5.02 Å². The molecule has 4 heteroatoms. The molecule has 1 aromatic heterocycles. The highest BCUT2D eigenvalue weighted by atomic mass is 127. The number of benzene rings is 2. The molecule has 0 saturated heterocycles. The van der Waals surface area contributed by atoms with Crippen LogP contribution in [0.15, 0.2) is 54.7 Å². The first-order valence-corrected chi connectivity index (χ1v) is 7.66. The molecule has 0 spiro atoms. The van der Waals surface area contributed by atoms with Crippen LogP contribution < -0.4 is 5.73 Å². The fourth-order valence-corrected chi connectivity index (χ4v) is 3.04. The molecule has 3 aromatic rings. The second-order valence-corrected chi connectivity index (χ2v) is 6.20. The summed E-state index contributed by atoms with van der Waals surface area (Å²) in [7, 11) is 0. The highest BCUT2D eigenvalue weighted by Gasteiger charge is 2.13. The van der Waals surface area contributed by atoms with Gasteiger partial charge < -0.3 is 5.73 Å². The van der Waals surface area contributed by atoms with Gasteiger partial charge in [-0.25, -0.2) is 0 Å². The largest absolute Gasteiger partial charge is 0.320 e. The summed E-state index contributed by atoms with van der Waals surface area (Å²) in [5, 5.41) is 1.79. The van der Waals surface area contributed by atoms with Crippen molar-refractivity contribution in [3.63, 3.8) is 0 Å². The van der Waals surface area contributed by atoms with Gasteiger partial charge in [0, 0.05) is 20.2 Å². The van der Waals surface area contributed by atoms with Crippen molar-refractivity contribution < 1.29 is 0 Å². The SMILES string of the molecule is NC(c1cnc2ccccc2c1)c1cc(Cl)ccc1I. The van der Waals surface area contributed by atoms with E-state index in [0.29, 0.717) is 5.02 Å². The van der Waals surface area contributed by atoms with E-state index in [4.69, 9.17) is 17.3 Å². The summed E-state index contributed by atoms with van der Waals surface area (Å²) < 4.78 is 1.10. The Kier molecular flexibility index (Phi) is 3.92. The molecule has 0 aliphatic heterocycles. The highest BCUT2D eigenvalue weighted by Crippen LogP contribution is 2.28. The molecule has 1 unspecified atom stereocenters. The first-order valence-electron chi connectivity index (χ1n) is 6.20. The molecular formula is C16H12ClIN2. The average molecular weight is 395 g/mol. The Bertz CT molecular complexity index is 773. The molecule has 0 fully saturated rings. The summed E-state index contributed by atoms with van der Waals surface area (Å²) >= 11 is 8.35. The van der Waals surface area contributed by atoms with Crippen molar-refractivity contribution in [1.82, 2.24) is 4.98 Å².